The molecule has 0 aromatic heterocycles. The van der Waals surface area contributed by atoms with Gasteiger partial charge in [-0.2, -0.15) is 0 Å². The van der Waals surface area contributed by atoms with Crippen molar-refractivity contribution >= 4 is 0 Å². The average molecular weight is 324 g/mol. The Morgan fingerprint density at radius 1 is 1.30 bits per heavy atom. The number of rotatable bonds is 7. The zero-order valence-electron chi connectivity index (χ0n) is 14.8. The minimum Gasteiger partial charge on any atom is -0.386 e. The molecule has 4 heteroatoms. The van der Waals surface area contributed by atoms with E-state index in [9.17, 15) is 5.11 Å². The number of hydrogen-bond acceptors (Lipinski definition) is 4. The lowest BCUT2D eigenvalue weighted by molar-refractivity contribution is -0.223. The van der Waals surface area contributed by atoms with Crippen LogP contribution in [0, 0.1) is 11.8 Å². The number of allylic oxidation sites excluding steroid dienone is 1. The Kier molecular flexibility index (Phi) is 5.17. The first kappa shape index (κ1) is 17.4. The van der Waals surface area contributed by atoms with Gasteiger partial charge in [0.05, 0.1) is 13.2 Å². The van der Waals surface area contributed by atoms with Crippen LogP contribution in [0.4, 0.5) is 0 Å². The van der Waals surface area contributed by atoms with Crippen molar-refractivity contribution in [3.05, 3.63) is 11.6 Å². The minimum atomic E-state index is -0.811. The second-order valence-corrected chi connectivity index (χ2v) is 7.51. The van der Waals surface area contributed by atoms with Crippen LogP contribution in [0.5, 0.6) is 0 Å². The van der Waals surface area contributed by atoms with Gasteiger partial charge in [0.2, 0.25) is 0 Å². The molecule has 132 valence electrons. The van der Waals surface area contributed by atoms with Crippen LogP contribution in [0.1, 0.15) is 58.8 Å². The predicted molar refractivity (Wildman–Crippen MR) is 89.1 cm³/mol. The molecule has 1 saturated heterocycles. The third kappa shape index (κ3) is 2.88. The highest BCUT2D eigenvalue weighted by atomic mass is 16.7. The van der Waals surface area contributed by atoms with Crippen LogP contribution in [0.25, 0.3) is 0 Å². The van der Waals surface area contributed by atoms with E-state index in [-0.39, 0.29) is 12.2 Å². The van der Waals surface area contributed by atoms with Gasteiger partial charge in [-0.1, -0.05) is 31.4 Å². The molecule has 2 fully saturated rings. The Balaban J connectivity index is 1.84. The van der Waals surface area contributed by atoms with E-state index in [0.717, 1.165) is 38.5 Å². The average Bonchev–Trinajstić information content (AvgIpc) is 3.07. The van der Waals surface area contributed by atoms with E-state index in [2.05, 4.69) is 19.9 Å². The number of fused-ring (bicyclic) bond motifs is 2. The Labute approximate surface area is 140 Å². The summed E-state index contributed by atoms with van der Waals surface area (Å²) in [5, 5.41) is 11.8. The number of methoxy groups -OCH3 is 1. The Hall–Kier alpha value is -0.420. The van der Waals surface area contributed by atoms with Crippen molar-refractivity contribution in [3.63, 3.8) is 0 Å². The van der Waals surface area contributed by atoms with E-state index in [0.29, 0.717) is 25.6 Å². The number of unbranched alkanes of at least 4 members (excludes halogenated alkanes) is 1. The SMILES string of the molecule is CCCC[C@@H]1[C@@H]2CC[C@@](OC)(C=C2C)[C@@]1(O)CCC1OCCO1. The highest BCUT2D eigenvalue weighted by molar-refractivity contribution is 5.31. The van der Waals surface area contributed by atoms with Crippen molar-refractivity contribution < 1.29 is 19.3 Å². The van der Waals surface area contributed by atoms with Crippen LogP contribution < -0.4 is 0 Å². The topological polar surface area (TPSA) is 47.9 Å². The van der Waals surface area contributed by atoms with Gasteiger partial charge in [-0.15, -0.1) is 0 Å². The molecule has 4 nitrogen and oxygen atoms in total. The number of aliphatic hydroxyl groups is 1. The van der Waals surface area contributed by atoms with Gasteiger partial charge < -0.3 is 19.3 Å². The predicted octanol–water partition coefficient (Wildman–Crippen LogP) is 3.43. The van der Waals surface area contributed by atoms with Crippen LogP contribution in [0.2, 0.25) is 0 Å². The monoisotopic (exact) mass is 324 g/mol. The van der Waals surface area contributed by atoms with Crippen molar-refractivity contribution in [3.8, 4) is 0 Å². The maximum atomic E-state index is 11.8. The van der Waals surface area contributed by atoms with E-state index in [1.807, 2.05) is 0 Å². The summed E-state index contributed by atoms with van der Waals surface area (Å²) in [6.07, 6.45) is 8.90. The fourth-order valence-electron chi connectivity index (χ4n) is 5.16. The molecule has 1 heterocycles. The number of hydrogen-bond donors (Lipinski definition) is 1. The first-order valence-corrected chi connectivity index (χ1v) is 9.26. The molecule has 1 saturated carbocycles. The summed E-state index contributed by atoms with van der Waals surface area (Å²) in [6.45, 7) is 5.76. The quantitative estimate of drug-likeness (QED) is 0.729. The zero-order valence-corrected chi connectivity index (χ0v) is 14.8. The van der Waals surface area contributed by atoms with Crippen molar-refractivity contribution in [1.82, 2.24) is 0 Å². The molecule has 3 aliphatic carbocycles. The Bertz CT molecular complexity index is 443. The van der Waals surface area contributed by atoms with Crippen LogP contribution in [0.3, 0.4) is 0 Å². The molecule has 4 rings (SSSR count). The maximum absolute atomic E-state index is 11.8. The molecule has 0 unspecified atom stereocenters. The first-order valence-electron chi connectivity index (χ1n) is 9.26. The van der Waals surface area contributed by atoms with Gasteiger partial charge in [0.1, 0.15) is 11.2 Å². The molecule has 0 aromatic rings. The molecule has 0 amide bonds. The third-order valence-electron chi connectivity index (χ3n) is 6.39. The lowest BCUT2D eigenvalue weighted by atomic mass is 9.52. The van der Waals surface area contributed by atoms with Crippen molar-refractivity contribution in [1.29, 1.82) is 0 Å². The Morgan fingerprint density at radius 2 is 2.04 bits per heavy atom. The summed E-state index contributed by atoms with van der Waals surface area (Å²) in [6, 6.07) is 0. The van der Waals surface area contributed by atoms with Crippen LogP contribution >= 0.6 is 0 Å². The fourth-order valence-corrected chi connectivity index (χ4v) is 5.16. The second kappa shape index (κ2) is 6.83. The molecule has 0 aromatic carbocycles. The van der Waals surface area contributed by atoms with Crippen molar-refractivity contribution in [2.75, 3.05) is 20.3 Å². The molecule has 1 N–H and O–H groups in total. The van der Waals surface area contributed by atoms with Crippen LogP contribution in [0.15, 0.2) is 11.6 Å². The highest BCUT2D eigenvalue weighted by Gasteiger charge is 2.61. The lowest BCUT2D eigenvalue weighted by Gasteiger charge is -2.59. The van der Waals surface area contributed by atoms with E-state index >= 15 is 0 Å². The van der Waals surface area contributed by atoms with E-state index in [1.54, 1.807) is 7.11 Å². The van der Waals surface area contributed by atoms with E-state index in [1.165, 1.54) is 5.57 Å². The van der Waals surface area contributed by atoms with E-state index in [4.69, 9.17) is 14.2 Å². The van der Waals surface area contributed by atoms with Gasteiger partial charge in [-0.05, 0) is 44.4 Å². The first-order chi connectivity index (χ1) is 11.1. The summed E-state index contributed by atoms with van der Waals surface area (Å²) >= 11 is 0. The molecule has 4 aliphatic rings. The van der Waals surface area contributed by atoms with E-state index < -0.39 is 11.2 Å². The fraction of sp³-hybridized carbons (Fsp3) is 0.895. The smallest absolute Gasteiger partial charge is 0.157 e. The molecule has 4 atom stereocenters. The minimum absolute atomic E-state index is 0.162. The highest BCUT2D eigenvalue weighted by Crippen LogP contribution is 2.57. The van der Waals surface area contributed by atoms with Gasteiger partial charge in [-0.25, -0.2) is 0 Å². The number of ether oxygens (including phenoxy) is 3. The van der Waals surface area contributed by atoms with Gasteiger partial charge in [-0.3, -0.25) is 0 Å². The third-order valence-corrected chi connectivity index (χ3v) is 6.39. The zero-order chi connectivity index (χ0) is 16.5. The van der Waals surface area contributed by atoms with Crippen molar-refractivity contribution in [2.45, 2.75) is 76.3 Å². The van der Waals surface area contributed by atoms with Gasteiger partial charge in [0.15, 0.2) is 6.29 Å². The molecular weight excluding hydrogens is 292 g/mol. The summed E-state index contributed by atoms with van der Waals surface area (Å²) in [7, 11) is 1.75. The van der Waals surface area contributed by atoms with Crippen LogP contribution in [-0.2, 0) is 14.2 Å². The lowest BCUT2D eigenvalue weighted by Crippen LogP contribution is -2.66. The molecule has 1 aliphatic heterocycles. The largest absolute Gasteiger partial charge is 0.386 e. The molecular formula is C19H32O4. The standard InChI is InChI=1S/C19H32O4/c1-4-5-6-16-15-7-9-18(21-3,13-14(15)2)19(16,20)10-8-17-22-11-12-23-17/h13,15-17,20H,4-12H2,1-3H3/t15-,16-,18-,19-/m1/s1. The summed E-state index contributed by atoms with van der Waals surface area (Å²) in [5.74, 6) is 0.775. The molecule has 2 bridgehead atoms. The van der Waals surface area contributed by atoms with Crippen LogP contribution in [-0.4, -0.2) is 42.9 Å². The second-order valence-electron chi connectivity index (χ2n) is 7.51. The molecule has 0 radical (unpaired) electrons. The van der Waals surface area contributed by atoms with Gasteiger partial charge in [0, 0.05) is 13.5 Å². The Morgan fingerprint density at radius 3 is 2.65 bits per heavy atom. The summed E-state index contributed by atoms with van der Waals surface area (Å²) < 4.78 is 17.1. The molecule has 23 heavy (non-hydrogen) atoms. The normalized spacial score (nSPS) is 40.6. The van der Waals surface area contributed by atoms with Crippen molar-refractivity contribution in [2.24, 2.45) is 11.8 Å². The maximum Gasteiger partial charge on any atom is 0.157 e. The molecule has 0 spiro atoms. The van der Waals surface area contributed by atoms with Gasteiger partial charge in [0.25, 0.3) is 0 Å². The summed E-state index contributed by atoms with van der Waals surface area (Å²) in [4.78, 5) is 0. The van der Waals surface area contributed by atoms with Gasteiger partial charge >= 0.3 is 0 Å². The summed E-state index contributed by atoms with van der Waals surface area (Å²) in [5.41, 5.74) is 0.0505.